The molecule has 1 heteroatoms. The second-order valence-electron chi connectivity index (χ2n) is 5.51. The SMILES string of the molecule is Cc1ccc([C@@H](C)NCc2cc(C)cc(C)c2)cc1. The quantitative estimate of drug-likeness (QED) is 0.848. The molecule has 1 nitrogen and oxygen atoms in total. The third-order valence-corrected chi connectivity index (χ3v) is 3.47. The predicted molar refractivity (Wildman–Crippen MR) is 82.3 cm³/mol. The van der Waals surface area contributed by atoms with Crippen molar-refractivity contribution in [2.24, 2.45) is 0 Å². The smallest absolute Gasteiger partial charge is 0.0294 e. The molecular formula is C18H23N. The third-order valence-electron chi connectivity index (χ3n) is 3.47. The van der Waals surface area contributed by atoms with E-state index < -0.39 is 0 Å². The number of hydrogen-bond acceptors (Lipinski definition) is 1. The van der Waals surface area contributed by atoms with Gasteiger partial charge in [-0.05, 0) is 38.8 Å². The second kappa shape index (κ2) is 6.03. The molecule has 0 fully saturated rings. The molecule has 0 bridgehead atoms. The van der Waals surface area contributed by atoms with Crippen LogP contribution in [0.2, 0.25) is 0 Å². The Kier molecular flexibility index (Phi) is 4.39. The van der Waals surface area contributed by atoms with Crippen molar-refractivity contribution < 1.29 is 0 Å². The summed E-state index contributed by atoms with van der Waals surface area (Å²) in [5.41, 5.74) is 6.68. The van der Waals surface area contributed by atoms with Crippen molar-refractivity contribution in [2.75, 3.05) is 0 Å². The fourth-order valence-electron chi connectivity index (χ4n) is 2.41. The van der Waals surface area contributed by atoms with Gasteiger partial charge in [-0.25, -0.2) is 0 Å². The summed E-state index contributed by atoms with van der Waals surface area (Å²) in [5.74, 6) is 0. The molecule has 1 N–H and O–H groups in total. The van der Waals surface area contributed by atoms with Crippen LogP contribution in [0.25, 0.3) is 0 Å². The molecule has 0 saturated carbocycles. The van der Waals surface area contributed by atoms with Crippen LogP contribution in [0, 0.1) is 20.8 Å². The van der Waals surface area contributed by atoms with Crippen molar-refractivity contribution in [1.29, 1.82) is 0 Å². The molecule has 0 aromatic heterocycles. The van der Waals surface area contributed by atoms with Crippen molar-refractivity contribution >= 4 is 0 Å². The largest absolute Gasteiger partial charge is 0.306 e. The molecule has 0 amide bonds. The van der Waals surface area contributed by atoms with Crippen molar-refractivity contribution in [2.45, 2.75) is 40.3 Å². The van der Waals surface area contributed by atoms with Crippen LogP contribution in [0.1, 0.15) is 40.8 Å². The minimum absolute atomic E-state index is 0.376. The molecule has 0 aliphatic rings. The Morgan fingerprint density at radius 3 is 2.00 bits per heavy atom. The summed E-state index contributed by atoms with van der Waals surface area (Å²) >= 11 is 0. The standard InChI is InChI=1S/C18H23N/c1-13-5-7-18(8-6-13)16(4)19-12-17-10-14(2)9-15(3)11-17/h5-11,16,19H,12H2,1-4H3/t16-/m1/s1. The van der Waals surface area contributed by atoms with E-state index in [0.29, 0.717) is 6.04 Å². The minimum Gasteiger partial charge on any atom is -0.306 e. The van der Waals surface area contributed by atoms with Crippen LogP contribution in [0.15, 0.2) is 42.5 Å². The molecule has 0 unspecified atom stereocenters. The summed E-state index contributed by atoms with van der Waals surface area (Å²) in [6, 6.07) is 15.8. The lowest BCUT2D eigenvalue weighted by atomic mass is 10.0. The molecule has 0 saturated heterocycles. The van der Waals surface area contributed by atoms with Crippen LogP contribution in [-0.4, -0.2) is 0 Å². The van der Waals surface area contributed by atoms with Crippen LogP contribution >= 0.6 is 0 Å². The van der Waals surface area contributed by atoms with Crippen molar-refractivity contribution in [3.8, 4) is 0 Å². The van der Waals surface area contributed by atoms with E-state index >= 15 is 0 Å². The van der Waals surface area contributed by atoms with Gasteiger partial charge in [-0.2, -0.15) is 0 Å². The van der Waals surface area contributed by atoms with Gasteiger partial charge in [0, 0.05) is 12.6 Å². The van der Waals surface area contributed by atoms with Gasteiger partial charge in [-0.3, -0.25) is 0 Å². The Balaban J connectivity index is 1.99. The van der Waals surface area contributed by atoms with E-state index in [1.807, 2.05) is 0 Å². The Hall–Kier alpha value is -1.60. The fraction of sp³-hybridized carbons (Fsp3) is 0.333. The van der Waals surface area contributed by atoms with E-state index in [4.69, 9.17) is 0 Å². The summed E-state index contributed by atoms with van der Waals surface area (Å²) < 4.78 is 0. The fourth-order valence-corrected chi connectivity index (χ4v) is 2.41. The lowest BCUT2D eigenvalue weighted by Crippen LogP contribution is -2.18. The molecule has 2 aromatic carbocycles. The zero-order chi connectivity index (χ0) is 13.8. The summed E-state index contributed by atoms with van der Waals surface area (Å²) in [6.45, 7) is 9.56. The van der Waals surface area contributed by atoms with Gasteiger partial charge in [-0.15, -0.1) is 0 Å². The molecule has 19 heavy (non-hydrogen) atoms. The summed E-state index contributed by atoms with van der Waals surface area (Å²) in [5, 5.41) is 3.59. The first kappa shape index (κ1) is 13.8. The van der Waals surface area contributed by atoms with Gasteiger partial charge in [0.05, 0.1) is 0 Å². The van der Waals surface area contributed by atoms with E-state index in [-0.39, 0.29) is 0 Å². The molecule has 1 atom stereocenters. The van der Waals surface area contributed by atoms with Crippen molar-refractivity contribution in [3.05, 3.63) is 70.3 Å². The Labute approximate surface area is 116 Å². The molecule has 2 rings (SSSR count). The van der Waals surface area contributed by atoms with Crippen LogP contribution in [-0.2, 0) is 6.54 Å². The van der Waals surface area contributed by atoms with Gasteiger partial charge < -0.3 is 5.32 Å². The van der Waals surface area contributed by atoms with E-state index in [1.54, 1.807) is 0 Å². The monoisotopic (exact) mass is 253 g/mol. The maximum absolute atomic E-state index is 3.59. The van der Waals surface area contributed by atoms with E-state index in [0.717, 1.165) is 6.54 Å². The van der Waals surface area contributed by atoms with Crippen molar-refractivity contribution in [3.63, 3.8) is 0 Å². The van der Waals surface area contributed by atoms with E-state index in [9.17, 15) is 0 Å². The van der Waals surface area contributed by atoms with Crippen molar-refractivity contribution in [1.82, 2.24) is 5.32 Å². The highest BCUT2D eigenvalue weighted by atomic mass is 14.9. The third kappa shape index (κ3) is 3.93. The molecule has 0 aliphatic carbocycles. The van der Waals surface area contributed by atoms with Crippen LogP contribution in [0.4, 0.5) is 0 Å². The Bertz CT molecular complexity index is 520. The highest BCUT2D eigenvalue weighted by Crippen LogP contribution is 2.15. The molecule has 0 aliphatic heterocycles. The highest BCUT2D eigenvalue weighted by Gasteiger charge is 2.04. The average Bonchev–Trinajstić information content (AvgIpc) is 2.36. The van der Waals surface area contributed by atoms with Crippen LogP contribution < -0.4 is 5.32 Å². The first-order chi connectivity index (χ1) is 9.04. The van der Waals surface area contributed by atoms with Crippen LogP contribution in [0.5, 0.6) is 0 Å². The molecule has 0 heterocycles. The number of benzene rings is 2. The Morgan fingerprint density at radius 1 is 0.842 bits per heavy atom. The van der Waals surface area contributed by atoms with Gasteiger partial charge in [0.2, 0.25) is 0 Å². The highest BCUT2D eigenvalue weighted by molar-refractivity contribution is 5.29. The average molecular weight is 253 g/mol. The lowest BCUT2D eigenvalue weighted by molar-refractivity contribution is 0.574. The second-order valence-corrected chi connectivity index (χ2v) is 5.51. The molecule has 2 aromatic rings. The Morgan fingerprint density at radius 2 is 1.42 bits per heavy atom. The first-order valence-electron chi connectivity index (χ1n) is 6.92. The molecule has 0 spiro atoms. The molecule has 100 valence electrons. The van der Waals surface area contributed by atoms with Gasteiger partial charge in [-0.1, -0.05) is 59.2 Å². The van der Waals surface area contributed by atoms with Crippen LogP contribution in [0.3, 0.4) is 0 Å². The first-order valence-corrected chi connectivity index (χ1v) is 6.92. The zero-order valence-corrected chi connectivity index (χ0v) is 12.3. The maximum Gasteiger partial charge on any atom is 0.0294 e. The molecule has 0 radical (unpaired) electrons. The number of aryl methyl sites for hydroxylation is 3. The normalized spacial score (nSPS) is 12.4. The predicted octanol–water partition coefficient (Wildman–Crippen LogP) is 4.46. The topological polar surface area (TPSA) is 12.0 Å². The lowest BCUT2D eigenvalue weighted by Gasteiger charge is -2.15. The number of rotatable bonds is 4. The summed E-state index contributed by atoms with van der Waals surface area (Å²) in [7, 11) is 0. The maximum atomic E-state index is 3.59. The molecular weight excluding hydrogens is 230 g/mol. The van der Waals surface area contributed by atoms with Gasteiger partial charge in [0.25, 0.3) is 0 Å². The summed E-state index contributed by atoms with van der Waals surface area (Å²) in [4.78, 5) is 0. The minimum atomic E-state index is 0.376. The van der Waals surface area contributed by atoms with Gasteiger partial charge >= 0.3 is 0 Å². The van der Waals surface area contributed by atoms with Gasteiger partial charge in [0.1, 0.15) is 0 Å². The zero-order valence-electron chi connectivity index (χ0n) is 12.3. The summed E-state index contributed by atoms with van der Waals surface area (Å²) in [6.07, 6.45) is 0. The van der Waals surface area contributed by atoms with E-state index in [1.165, 1.54) is 27.8 Å². The van der Waals surface area contributed by atoms with E-state index in [2.05, 4.69) is 75.5 Å². The van der Waals surface area contributed by atoms with Gasteiger partial charge in [0.15, 0.2) is 0 Å². The number of nitrogens with one attached hydrogen (secondary N) is 1. The number of hydrogen-bond donors (Lipinski definition) is 1.